The zero-order valence-corrected chi connectivity index (χ0v) is 21.6. The summed E-state index contributed by atoms with van der Waals surface area (Å²) in [5, 5.41) is 4.23. The molecule has 1 N–H and O–H groups in total. The molecule has 1 heterocycles. The fourth-order valence-electron chi connectivity index (χ4n) is 3.47. The molecule has 4 rings (SSSR count). The van der Waals surface area contributed by atoms with E-state index in [1.54, 1.807) is 6.07 Å². The Morgan fingerprint density at radius 1 is 0.912 bits per heavy atom. The van der Waals surface area contributed by atoms with Crippen molar-refractivity contribution in [2.75, 3.05) is 7.05 Å². The van der Waals surface area contributed by atoms with Gasteiger partial charge in [0.2, 0.25) is 0 Å². The molecule has 0 aliphatic carbocycles. The monoisotopic (exact) mass is 493 g/mol. The van der Waals surface area contributed by atoms with Crippen LogP contribution in [0.2, 0.25) is 10.0 Å². The first-order valence-electron chi connectivity index (χ1n) is 11.1. The molecule has 4 nitrogen and oxygen atoms in total. The summed E-state index contributed by atoms with van der Waals surface area (Å²) < 4.78 is 1.99. The van der Waals surface area contributed by atoms with Crippen molar-refractivity contribution in [1.29, 1.82) is 0 Å². The number of benzene rings is 3. The fraction of sp³-hybridized carbons (Fsp3) is 0.214. The van der Waals surface area contributed by atoms with Gasteiger partial charge in [-0.15, -0.1) is 0 Å². The van der Waals surface area contributed by atoms with Crippen LogP contribution in [-0.2, 0) is 0 Å². The number of aldehydes is 1. The van der Waals surface area contributed by atoms with Crippen LogP contribution in [0, 0.1) is 13.8 Å². The molecule has 0 spiro atoms. The third-order valence-electron chi connectivity index (χ3n) is 5.38. The van der Waals surface area contributed by atoms with Crippen molar-refractivity contribution in [2.45, 2.75) is 33.7 Å². The second-order valence-corrected chi connectivity index (χ2v) is 9.25. The van der Waals surface area contributed by atoms with Gasteiger partial charge in [0.25, 0.3) is 0 Å². The van der Waals surface area contributed by atoms with Crippen molar-refractivity contribution in [1.82, 2.24) is 14.9 Å². The lowest BCUT2D eigenvalue weighted by Crippen LogP contribution is -2.15. The Kier molecular flexibility index (Phi) is 8.67. The van der Waals surface area contributed by atoms with Crippen molar-refractivity contribution >= 4 is 29.5 Å². The number of imidazole rings is 1. The number of carbonyl (C=O) groups excluding carboxylic acids is 1. The van der Waals surface area contributed by atoms with Crippen LogP contribution in [0.1, 0.15) is 35.5 Å². The summed E-state index contributed by atoms with van der Waals surface area (Å²) in [5.74, 6) is 0.677. The van der Waals surface area contributed by atoms with E-state index in [9.17, 15) is 4.79 Å². The van der Waals surface area contributed by atoms with Crippen LogP contribution in [0.15, 0.2) is 66.7 Å². The third kappa shape index (κ3) is 5.95. The van der Waals surface area contributed by atoms with E-state index in [0.717, 1.165) is 34.2 Å². The van der Waals surface area contributed by atoms with Crippen LogP contribution < -0.4 is 5.32 Å². The molecule has 0 amide bonds. The van der Waals surface area contributed by atoms with Crippen molar-refractivity contribution in [2.24, 2.45) is 0 Å². The fourth-order valence-corrected chi connectivity index (χ4v) is 3.82. The summed E-state index contributed by atoms with van der Waals surface area (Å²) in [5.41, 5.74) is 5.75. The van der Waals surface area contributed by atoms with Gasteiger partial charge in [-0.05, 0) is 56.8 Å². The van der Waals surface area contributed by atoms with Gasteiger partial charge >= 0.3 is 0 Å². The molecule has 0 aliphatic rings. The highest BCUT2D eigenvalue weighted by Crippen LogP contribution is 2.35. The van der Waals surface area contributed by atoms with E-state index in [-0.39, 0.29) is 0 Å². The number of hydrogen-bond acceptors (Lipinski definition) is 3. The Balaban J connectivity index is 0.000000588. The zero-order chi connectivity index (χ0) is 24.8. The number of aryl methyl sites for hydroxylation is 2. The number of halogens is 2. The molecule has 0 fully saturated rings. The maximum Gasteiger partial charge on any atom is 0.170 e. The van der Waals surface area contributed by atoms with Crippen LogP contribution in [-0.4, -0.2) is 28.9 Å². The highest BCUT2D eigenvalue weighted by atomic mass is 35.5. The zero-order valence-electron chi connectivity index (χ0n) is 20.1. The van der Waals surface area contributed by atoms with Gasteiger partial charge in [0, 0.05) is 27.2 Å². The summed E-state index contributed by atoms with van der Waals surface area (Å²) >= 11 is 12.6. The Hall–Kier alpha value is -2.92. The van der Waals surface area contributed by atoms with E-state index in [0.29, 0.717) is 33.3 Å². The maximum absolute atomic E-state index is 12.0. The molecule has 4 aromatic rings. The minimum absolute atomic E-state index is 0.350. The average molecular weight is 494 g/mol. The van der Waals surface area contributed by atoms with Gasteiger partial charge in [0.1, 0.15) is 11.5 Å². The van der Waals surface area contributed by atoms with Crippen LogP contribution in [0.4, 0.5) is 0 Å². The van der Waals surface area contributed by atoms with Gasteiger partial charge in [-0.2, -0.15) is 0 Å². The minimum Gasteiger partial charge on any atom is -0.318 e. The molecule has 3 aromatic carbocycles. The van der Waals surface area contributed by atoms with Crippen LogP contribution >= 0.6 is 23.2 Å². The van der Waals surface area contributed by atoms with Gasteiger partial charge in [0.15, 0.2) is 6.29 Å². The Morgan fingerprint density at radius 3 is 2.18 bits per heavy atom. The first-order valence-corrected chi connectivity index (χ1v) is 11.9. The van der Waals surface area contributed by atoms with Crippen molar-refractivity contribution < 1.29 is 4.79 Å². The predicted molar refractivity (Wildman–Crippen MR) is 144 cm³/mol. The molecular weight excluding hydrogens is 465 g/mol. The van der Waals surface area contributed by atoms with E-state index < -0.39 is 0 Å². The van der Waals surface area contributed by atoms with E-state index in [2.05, 4.69) is 25.2 Å². The normalized spacial score (nSPS) is 10.7. The smallest absolute Gasteiger partial charge is 0.170 e. The summed E-state index contributed by atoms with van der Waals surface area (Å²) in [6.07, 6.45) is 0.784. The number of nitrogens with one attached hydrogen (secondary N) is 1. The molecule has 0 unspecified atom stereocenters. The molecule has 0 aliphatic heterocycles. The SMILES string of the molecule is CNC(C)C.Cc1cccc(-c2nc(C=O)c(-c3cccc(Cl)c3)n2-c2cc(Cl)ccc2C)c1. The Morgan fingerprint density at radius 2 is 1.56 bits per heavy atom. The number of nitrogens with zero attached hydrogens (tertiary/aromatic N) is 2. The van der Waals surface area contributed by atoms with Crippen molar-refractivity contribution in [3.63, 3.8) is 0 Å². The number of rotatable bonds is 5. The molecule has 0 saturated heterocycles. The highest BCUT2D eigenvalue weighted by Gasteiger charge is 2.22. The average Bonchev–Trinajstić information content (AvgIpc) is 3.20. The topological polar surface area (TPSA) is 46.9 Å². The first kappa shape index (κ1) is 25.7. The molecule has 1 aromatic heterocycles. The summed E-state index contributed by atoms with van der Waals surface area (Å²) in [7, 11) is 1.95. The lowest BCUT2D eigenvalue weighted by Gasteiger charge is -2.16. The predicted octanol–water partition coefficient (Wildman–Crippen LogP) is 7.56. The van der Waals surface area contributed by atoms with E-state index >= 15 is 0 Å². The Labute approximate surface area is 211 Å². The molecule has 34 heavy (non-hydrogen) atoms. The van der Waals surface area contributed by atoms with Crippen molar-refractivity contribution in [3.05, 3.63) is 93.6 Å². The highest BCUT2D eigenvalue weighted by molar-refractivity contribution is 6.31. The second kappa shape index (κ2) is 11.5. The Bertz CT molecular complexity index is 1290. The summed E-state index contributed by atoms with van der Waals surface area (Å²) in [6, 6.07) is 21.8. The molecule has 6 heteroatoms. The molecule has 176 valence electrons. The van der Waals surface area contributed by atoms with E-state index in [4.69, 9.17) is 28.2 Å². The standard InChI is InChI=1S/C24H18Cl2N2O.C4H11N/c1-15-5-3-7-18(11-15)24-27-21(14-29)23(17-6-4-8-19(25)12-17)28(24)22-13-20(26)10-9-16(22)2;1-4(2)5-3/h3-14H,1-2H3;4-5H,1-3H3. The summed E-state index contributed by atoms with van der Waals surface area (Å²) in [4.78, 5) is 16.7. The minimum atomic E-state index is 0.350. The molecule has 0 atom stereocenters. The third-order valence-corrected chi connectivity index (χ3v) is 5.85. The second-order valence-electron chi connectivity index (χ2n) is 8.38. The maximum atomic E-state index is 12.0. The first-order chi connectivity index (χ1) is 16.2. The molecule has 0 bridgehead atoms. The lowest BCUT2D eigenvalue weighted by atomic mass is 10.1. The van der Waals surface area contributed by atoms with Gasteiger partial charge < -0.3 is 5.32 Å². The quantitative estimate of drug-likeness (QED) is 0.291. The largest absolute Gasteiger partial charge is 0.318 e. The van der Waals surface area contributed by atoms with Gasteiger partial charge in [0.05, 0.1) is 11.4 Å². The van der Waals surface area contributed by atoms with Crippen LogP contribution in [0.25, 0.3) is 28.3 Å². The van der Waals surface area contributed by atoms with Crippen LogP contribution in [0.5, 0.6) is 0 Å². The van der Waals surface area contributed by atoms with Crippen LogP contribution in [0.3, 0.4) is 0 Å². The number of hydrogen-bond donors (Lipinski definition) is 1. The van der Waals surface area contributed by atoms with Gasteiger partial charge in [-0.1, -0.05) is 79.0 Å². The van der Waals surface area contributed by atoms with E-state index in [1.165, 1.54) is 0 Å². The number of aromatic nitrogens is 2. The molecule has 0 saturated carbocycles. The van der Waals surface area contributed by atoms with Crippen molar-refractivity contribution in [3.8, 4) is 28.3 Å². The number of carbonyl (C=O) groups is 1. The van der Waals surface area contributed by atoms with Gasteiger partial charge in [-0.25, -0.2) is 4.98 Å². The molecule has 0 radical (unpaired) electrons. The molecular formula is C28H29Cl2N3O. The lowest BCUT2D eigenvalue weighted by molar-refractivity contribution is 0.112. The summed E-state index contributed by atoms with van der Waals surface area (Å²) in [6.45, 7) is 8.26. The van der Waals surface area contributed by atoms with E-state index in [1.807, 2.05) is 80.1 Å². The van der Waals surface area contributed by atoms with Gasteiger partial charge in [-0.3, -0.25) is 9.36 Å².